The molecule has 17 heavy (non-hydrogen) atoms. The molecule has 1 aliphatic rings. The van der Waals surface area contributed by atoms with Crippen LogP contribution in [0.3, 0.4) is 0 Å². The number of hydrogen-bond donors (Lipinski definition) is 2. The summed E-state index contributed by atoms with van der Waals surface area (Å²) in [7, 11) is 0. The lowest BCUT2D eigenvalue weighted by Gasteiger charge is -2.17. The molecule has 88 valence electrons. The number of nitrogens with two attached hydrogens (primary N) is 1. The number of aromatic nitrogens is 1. The fourth-order valence-corrected chi connectivity index (χ4v) is 2.34. The van der Waals surface area contributed by atoms with Crippen LogP contribution in [0, 0.1) is 0 Å². The molecule has 0 spiro atoms. The highest BCUT2D eigenvalue weighted by molar-refractivity contribution is 5.83. The van der Waals surface area contributed by atoms with E-state index in [0.717, 1.165) is 5.52 Å². The monoisotopic (exact) mass is 229 g/mol. The number of hydrogen-bond acceptors (Lipinski definition) is 3. The number of para-hydroxylation sites is 1. The normalized spacial score (nSPS) is 21.2. The molecule has 0 saturated carbocycles. The van der Waals surface area contributed by atoms with Gasteiger partial charge in [-0.05, 0) is 11.6 Å². The van der Waals surface area contributed by atoms with Gasteiger partial charge in [0, 0.05) is 23.0 Å². The fraction of sp³-hybridized carbons (Fsp3) is 0.308. The van der Waals surface area contributed by atoms with Crippen LogP contribution in [0.1, 0.15) is 18.4 Å². The molecule has 0 amide bonds. The third-order valence-electron chi connectivity index (χ3n) is 3.37. The van der Waals surface area contributed by atoms with E-state index in [4.69, 9.17) is 10.5 Å². The van der Waals surface area contributed by atoms with Gasteiger partial charge in [0.1, 0.15) is 6.10 Å². The molecule has 4 nitrogen and oxygen atoms in total. The molecule has 2 heterocycles. The van der Waals surface area contributed by atoms with Crippen LogP contribution in [-0.2, 0) is 4.74 Å². The van der Waals surface area contributed by atoms with E-state index in [1.165, 1.54) is 10.9 Å². The Morgan fingerprint density at radius 3 is 3.06 bits per heavy atom. The van der Waals surface area contributed by atoms with Gasteiger partial charge in [0.2, 0.25) is 0 Å². The second kappa shape index (κ2) is 3.80. The minimum atomic E-state index is 0.0502. The number of H-pyrrole nitrogens is 1. The van der Waals surface area contributed by atoms with E-state index < -0.39 is 0 Å². The average molecular weight is 229 g/mol. The van der Waals surface area contributed by atoms with Gasteiger partial charge in [-0.2, -0.15) is 0 Å². The maximum Gasteiger partial charge on any atom is 0.282 e. The molecule has 0 saturated heterocycles. The largest absolute Gasteiger partial charge is 0.460 e. The summed E-state index contributed by atoms with van der Waals surface area (Å²) in [5.74, 6) is 0.274. The van der Waals surface area contributed by atoms with Crippen molar-refractivity contribution >= 4 is 16.9 Å². The van der Waals surface area contributed by atoms with Crippen molar-refractivity contribution < 1.29 is 4.74 Å². The van der Waals surface area contributed by atoms with Crippen molar-refractivity contribution in [3.8, 4) is 0 Å². The quantitative estimate of drug-likeness (QED) is 0.827. The lowest BCUT2D eigenvalue weighted by atomic mass is 9.95. The first-order chi connectivity index (χ1) is 8.25. The number of benzene rings is 1. The van der Waals surface area contributed by atoms with Gasteiger partial charge < -0.3 is 15.5 Å². The third kappa shape index (κ3) is 1.65. The first-order valence-electron chi connectivity index (χ1n) is 5.78. The summed E-state index contributed by atoms with van der Waals surface area (Å²) in [6.07, 6.45) is 2.10. The maximum absolute atomic E-state index is 5.55. The lowest BCUT2D eigenvalue weighted by Crippen LogP contribution is -2.23. The van der Waals surface area contributed by atoms with Crippen LogP contribution in [0.4, 0.5) is 0 Å². The molecule has 3 rings (SSSR count). The molecule has 1 aliphatic heterocycles. The molecule has 4 heteroatoms. The smallest absolute Gasteiger partial charge is 0.282 e. The van der Waals surface area contributed by atoms with Gasteiger partial charge in [-0.3, -0.25) is 0 Å². The zero-order valence-corrected chi connectivity index (χ0v) is 9.68. The highest BCUT2D eigenvalue weighted by atomic mass is 16.5. The minimum absolute atomic E-state index is 0.0502. The lowest BCUT2D eigenvalue weighted by molar-refractivity contribution is 0.194. The first kappa shape index (κ1) is 10.2. The van der Waals surface area contributed by atoms with Crippen LogP contribution in [0.25, 0.3) is 10.9 Å². The Morgan fingerprint density at radius 2 is 2.29 bits per heavy atom. The Morgan fingerprint density at radius 1 is 1.47 bits per heavy atom. The topological polar surface area (TPSA) is 63.4 Å². The summed E-state index contributed by atoms with van der Waals surface area (Å²) < 4.78 is 5.51. The van der Waals surface area contributed by atoms with Crippen molar-refractivity contribution in [2.45, 2.75) is 18.9 Å². The summed E-state index contributed by atoms with van der Waals surface area (Å²) in [6, 6.07) is 8.58. The van der Waals surface area contributed by atoms with Gasteiger partial charge in [-0.1, -0.05) is 25.1 Å². The molecular weight excluding hydrogens is 214 g/mol. The molecule has 1 unspecified atom stereocenters. The number of nitrogens with zero attached hydrogens (tertiary/aromatic N) is 1. The van der Waals surface area contributed by atoms with Gasteiger partial charge in [0.25, 0.3) is 6.02 Å². The Labute approximate surface area is 99.5 Å². The predicted molar refractivity (Wildman–Crippen MR) is 68.1 cm³/mol. The third-order valence-corrected chi connectivity index (χ3v) is 3.37. The van der Waals surface area contributed by atoms with Crippen molar-refractivity contribution in [3.05, 3.63) is 36.0 Å². The Bertz CT molecular complexity index is 573. The Balaban J connectivity index is 1.93. The standard InChI is InChI=1S/C13H15N3O/c1-8(12-7-16-13(14)17-12)10-6-15-11-5-3-2-4-9(10)11/h2-6,8,12,15H,7H2,1H3,(H2,14,16)/t8-,12?/m1/s1. The summed E-state index contributed by atoms with van der Waals surface area (Å²) in [5, 5.41) is 1.24. The summed E-state index contributed by atoms with van der Waals surface area (Å²) in [4.78, 5) is 7.37. The molecule has 0 bridgehead atoms. The number of aromatic amines is 1. The van der Waals surface area contributed by atoms with E-state index in [0.29, 0.717) is 12.6 Å². The van der Waals surface area contributed by atoms with Gasteiger partial charge in [0.05, 0.1) is 6.54 Å². The van der Waals surface area contributed by atoms with Gasteiger partial charge in [0.15, 0.2) is 0 Å². The van der Waals surface area contributed by atoms with Crippen molar-refractivity contribution in [2.75, 3.05) is 6.54 Å². The van der Waals surface area contributed by atoms with Gasteiger partial charge >= 0.3 is 0 Å². The molecule has 1 aromatic carbocycles. The van der Waals surface area contributed by atoms with Crippen LogP contribution >= 0.6 is 0 Å². The number of fused-ring (bicyclic) bond motifs is 1. The molecule has 3 N–H and O–H groups in total. The van der Waals surface area contributed by atoms with Crippen LogP contribution < -0.4 is 5.73 Å². The molecule has 2 aromatic rings. The molecule has 2 atom stereocenters. The highest BCUT2D eigenvalue weighted by Crippen LogP contribution is 2.30. The van der Waals surface area contributed by atoms with Crippen molar-refractivity contribution in [2.24, 2.45) is 10.7 Å². The first-order valence-corrected chi connectivity index (χ1v) is 5.78. The van der Waals surface area contributed by atoms with E-state index in [2.05, 4.69) is 29.0 Å². The fourth-order valence-electron chi connectivity index (χ4n) is 2.34. The summed E-state index contributed by atoms with van der Waals surface area (Å²) in [6.45, 7) is 2.79. The molecule has 0 aliphatic carbocycles. The van der Waals surface area contributed by atoms with Crippen molar-refractivity contribution in [1.82, 2.24) is 4.98 Å². The highest BCUT2D eigenvalue weighted by Gasteiger charge is 2.27. The van der Waals surface area contributed by atoms with E-state index in [1.54, 1.807) is 0 Å². The predicted octanol–water partition coefficient (Wildman–Crippen LogP) is 1.98. The number of aliphatic imine (C=N–C) groups is 1. The molecule has 1 aromatic heterocycles. The van der Waals surface area contributed by atoms with Crippen molar-refractivity contribution in [3.63, 3.8) is 0 Å². The number of amidine groups is 1. The maximum atomic E-state index is 5.55. The molecule has 0 fully saturated rings. The van der Waals surface area contributed by atoms with Gasteiger partial charge in [-0.15, -0.1) is 0 Å². The van der Waals surface area contributed by atoms with Gasteiger partial charge in [-0.25, -0.2) is 4.99 Å². The number of ether oxygens (including phenoxy) is 1. The zero-order chi connectivity index (χ0) is 11.8. The minimum Gasteiger partial charge on any atom is -0.460 e. The van der Waals surface area contributed by atoms with Crippen LogP contribution in [-0.4, -0.2) is 23.7 Å². The number of rotatable bonds is 2. The van der Waals surface area contributed by atoms with Crippen LogP contribution in [0.15, 0.2) is 35.5 Å². The SMILES string of the molecule is C[C@H](c1c[nH]c2ccccc12)C1CN=C(N)O1. The van der Waals surface area contributed by atoms with Crippen LogP contribution in [0.5, 0.6) is 0 Å². The molecule has 0 radical (unpaired) electrons. The van der Waals surface area contributed by atoms with Crippen LogP contribution in [0.2, 0.25) is 0 Å². The summed E-state index contributed by atoms with van der Waals surface area (Å²) >= 11 is 0. The Hall–Kier alpha value is -1.97. The van der Waals surface area contributed by atoms with Crippen molar-refractivity contribution in [1.29, 1.82) is 0 Å². The van der Waals surface area contributed by atoms with E-state index in [-0.39, 0.29) is 12.0 Å². The Kier molecular flexibility index (Phi) is 2.28. The number of nitrogens with one attached hydrogen (secondary N) is 1. The van der Waals surface area contributed by atoms with E-state index in [9.17, 15) is 0 Å². The molecular formula is C13H15N3O. The van der Waals surface area contributed by atoms with E-state index in [1.807, 2.05) is 18.3 Å². The van der Waals surface area contributed by atoms with E-state index >= 15 is 0 Å². The average Bonchev–Trinajstić information content (AvgIpc) is 2.94. The second-order valence-corrected chi connectivity index (χ2v) is 4.41. The second-order valence-electron chi connectivity index (χ2n) is 4.41. The zero-order valence-electron chi connectivity index (χ0n) is 9.68. The summed E-state index contributed by atoms with van der Waals surface area (Å²) in [5.41, 5.74) is 7.96.